The second kappa shape index (κ2) is 5.51. The average Bonchev–Trinajstić information content (AvgIpc) is 2.21. The number of aryl methyl sites for hydroxylation is 1. The smallest absolute Gasteiger partial charge is 0.309 e. The first-order chi connectivity index (χ1) is 7.13. The van der Waals surface area contributed by atoms with Crippen molar-refractivity contribution in [2.45, 2.75) is 13.3 Å². The Kier molecular flexibility index (Phi) is 4.31. The third-order valence-corrected chi connectivity index (χ3v) is 2.13. The number of rotatable bonds is 3. The largest absolute Gasteiger partial charge is 0.469 e. The molecule has 0 spiro atoms. The fourth-order valence-electron chi connectivity index (χ4n) is 1.03. The molecule has 0 radical (unpaired) electrons. The fourth-order valence-corrected chi connectivity index (χ4v) is 1.28. The molecule has 4 heteroatoms. The molecule has 0 saturated heterocycles. The molecule has 0 amide bonds. The lowest BCUT2D eigenvalue weighted by atomic mass is 10.2. The Balaban J connectivity index is 2.68. The maximum Gasteiger partial charge on any atom is 0.309 e. The Morgan fingerprint density at radius 1 is 1.60 bits per heavy atom. The van der Waals surface area contributed by atoms with E-state index in [1.807, 2.05) is 19.1 Å². The summed E-state index contributed by atoms with van der Waals surface area (Å²) in [4.78, 5) is 14.9. The Hall–Kier alpha value is -1.35. The summed E-state index contributed by atoms with van der Waals surface area (Å²) in [6.45, 7) is 1.87. The van der Waals surface area contributed by atoms with Crippen molar-refractivity contribution in [2.24, 2.45) is 0 Å². The van der Waals surface area contributed by atoms with Gasteiger partial charge in [0.15, 0.2) is 0 Å². The Labute approximate surface area is 93.7 Å². The van der Waals surface area contributed by atoms with E-state index in [0.29, 0.717) is 5.15 Å². The van der Waals surface area contributed by atoms with Gasteiger partial charge in [-0.3, -0.25) is 4.79 Å². The third-order valence-electron chi connectivity index (χ3n) is 1.83. The third kappa shape index (κ3) is 3.72. The maximum atomic E-state index is 10.8. The molecule has 0 fully saturated rings. The van der Waals surface area contributed by atoms with E-state index < -0.39 is 0 Å². The van der Waals surface area contributed by atoms with Crippen molar-refractivity contribution in [1.29, 1.82) is 0 Å². The van der Waals surface area contributed by atoms with Crippen LogP contribution in [0, 0.1) is 6.92 Å². The molecule has 0 unspecified atom stereocenters. The van der Waals surface area contributed by atoms with Crippen LogP contribution in [0.1, 0.15) is 17.7 Å². The van der Waals surface area contributed by atoms with Crippen LogP contribution in [0.15, 0.2) is 18.2 Å². The Morgan fingerprint density at radius 2 is 2.33 bits per heavy atom. The highest BCUT2D eigenvalue weighted by molar-refractivity contribution is 6.30. The number of pyridine rings is 1. The Bertz CT molecular complexity index is 388. The molecule has 0 aliphatic rings. The van der Waals surface area contributed by atoms with Gasteiger partial charge in [-0.05, 0) is 13.0 Å². The summed E-state index contributed by atoms with van der Waals surface area (Å²) < 4.78 is 4.50. The van der Waals surface area contributed by atoms with E-state index in [9.17, 15) is 4.79 Å². The zero-order valence-corrected chi connectivity index (χ0v) is 9.41. The zero-order chi connectivity index (χ0) is 11.3. The fraction of sp³-hybridized carbons (Fsp3) is 0.273. The van der Waals surface area contributed by atoms with Gasteiger partial charge in [-0.15, -0.1) is 0 Å². The van der Waals surface area contributed by atoms with E-state index in [1.54, 1.807) is 12.2 Å². The number of aromatic nitrogens is 1. The van der Waals surface area contributed by atoms with Crippen molar-refractivity contribution in [3.8, 4) is 0 Å². The molecule has 0 N–H and O–H groups in total. The van der Waals surface area contributed by atoms with Gasteiger partial charge in [0.1, 0.15) is 5.15 Å². The highest BCUT2D eigenvalue weighted by Gasteiger charge is 1.99. The molecular weight excluding hydrogens is 214 g/mol. The van der Waals surface area contributed by atoms with Crippen LogP contribution < -0.4 is 0 Å². The quantitative estimate of drug-likeness (QED) is 0.586. The minimum atomic E-state index is -0.276. The summed E-state index contributed by atoms with van der Waals surface area (Å²) in [5.74, 6) is -0.276. The zero-order valence-electron chi connectivity index (χ0n) is 8.66. The van der Waals surface area contributed by atoms with Crippen LogP contribution in [0.25, 0.3) is 6.08 Å². The van der Waals surface area contributed by atoms with Crippen molar-refractivity contribution >= 4 is 23.6 Å². The first-order valence-corrected chi connectivity index (χ1v) is 4.88. The van der Waals surface area contributed by atoms with Gasteiger partial charge in [0.25, 0.3) is 0 Å². The number of hydrogen-bond acceptors (Lipinski definition) is 3. The summed E-state index contributed by atoms with van der Waals surface area (Å²) in [6, 6.07) is 3.72. The van der Waals surface area contributed by atoms with Gasteiger partial charge in [0.2, 0.25) is 0 Å². The number of methoxy groups -OCH3 is 1. The second-order valence-electron chi connectivity index (χ2n) is 3.02. The second-order valence-corrected chi connectivity index (χ2v) is 3.37. The minimum Gasteiger partial charge on any atom is -0.469 e. The standard InChI is InChI=1S/C11H12ClNO2/c1-8-6-7-9(11(12)13-8)4-3-5-10(14)15-2/h3-4,6-7H,5H2,1-2H3. The molecule has 0 aliphatic heterocycles. The minimum absolute atomic E-state index is 0.237. The van der Waals surface area contributed by atoms with Crippen molar-refractivity contribution in [3.05, 3.63) is 34.6 Å². The van der Waals surface area contributed by atoms with E-state index in [2.05, 4.69) is 9.72 Å². The highest BCUT2D eigenvalue weighted by Crippen LogP contribution is 2.15. The Morgan fingerprint density at radius 3 is 2.93 bits per heavy atom. The predicted molar refractivity (Wildman–Crippen MR) is 59.7 cm³/mol. The predicted octanol–water partition coefficient (Wildman–Crippen LogP) is 2.62. The molecule has 1 rings (SSSR count). The monoisotopic (exact) mass is 225 g/mol. The van der Waals surface area contributed by atoms with Gasteiger partial charge in [-0.2, -0.15) is 0 Å². The van der Waals surface area contributed by atoms with Crippen molar-refractivity contribution in [2.75, 3.05) is 7.11 Å². The number of halogens is 1. The van der Waals surface area contributed by atoms with Gasteiger partial charge in [-0.25, -0.2) is 4.98 Å². The molecular formula is C11H12ClNO2. The highest BCUT2D eigenvalue weighted by atomic mass is 35.5. The van der Waals surface area contributed by atoms with Gasteiger partial charge in [-0.1, -0.05) is 29.8 Å². The van der Waals surface area contributed by atoms with E-state index in [1.165, 1.54) is 7.11 Å². The molecule has 1 aromatic rings. The van der Waals surface area contributed by atoms with Crippen molar-refractivity contribution in [3.63, 3.8) is 0 Å². The van der Waals surface area contributed by atoms with Crippen molar-refractivity contribution in [1.82, 2.24) is 4.98 Å². The van der Waals surface area contributed by atoms with E-state index >= 15 is 0 Å². The molecule has 3 nitrogen and oxygen atoms in total. The van der Waals surface area contributed by atoms with Gasteiger partial charge in [0, 0.05) is 11.3 Å². The van der Waals surface area contributed by atoms with Gasteiger partial charge >= 0.3 is 5.97 Å². The van der Waals surface area contributed by atoms with Crippen molar-refractivity contribution < 1.29 is 9.53 Å². The first-order valence-electron chi connectivity index (χ1n) is 4.50. The molecule has 1 aromatic heterocycles. The molecule has 0 aliphatic carbocycles. The maximum absolute atomic E-state index is 10.8. The number of carbonyl (C=O) groups is 1. The summed E-state index contributed by atoms with van der Waals surface area (Å²) in [5.41, 5.74) is 1.66. The van der Waals surface area contributed by atoms with E-state index in [0.717, 1.165) is 11.3 Å². The molecule has 0 bridgehead atoms. The topological polar surface area (TPSA) is 39.2 Å². The van der Waals surface area contributed by atoms with Crippen LogP contribution in [0.2, 0.25) is 5.15 Å². The number of nitrogens with zero attached hydrogens (tertiary/aromatic N) is 1. The van der Waals surface area contributed by atoms with Crippen LogP contribution in [0.5, 0.6) is 0 Å². The number of esters is 1. The molecule has 0 aromatic carbocycles. The van der Waals surface area contributed by atoms with Crippen LogP contribution in [-0.4, -0.2) is 18.1 Å². The number of ether oxygens (including phenoxy) is 1. The average molecular weight is 226 g/mol. The summed E-state index contributed by atoms with van der Waals surface area (Å²) >= 11 is 5.90. The van der Waals surface area contributed by atoms with Gasteiger partial charge in [0.05, 0.1) is 13.5 Å². The summed E-state index contributed by atoms with van der Waals surface area (Å²) in [6.07, 6.45) is 3.69. The van der Waals surface area contributed by atoms with E-state index in [-0.39, 0.29) is 12.4 Å². The number of hydrogen-bond donors (Lipinski definition) is 0. The molecule has 0 saturated carbocycles. The molecule has 1 heterocycles. The van der Waals surface area contributed by atoms with Gasteiger partial charge < -0.3 is 4.74 Å². The SMILES string of the molecule is COC(=O)CC=Cc1ccc(C)nc1Cl. The normalized spacial score (nSPS) is 10.6. The number of carbonyl (C=O) groups excluding carboxylic acids is 1. The lowest BCUT2D eigenvalue weighted by Gasteiger charge is -1.98. The van der Waals surface area contributed by atoms with E-state index in [4.69, 9.17) is 11.6 Å². The molecule has 80 valence electrons. The lowest BCUT2D eigenvalue weighted by Crippen LogP contribution is -1.96. The molecule has 0 atom stereocenters. The molecule has 15 heavy (non-hydrogen) atoms. The lowest BCUT2D eigenvalue weighted by molar-refractivity contribution is -0.139. The first kappa shape index (κ1) is 11.7. The summed E-state index contributed by atoms with van der Waals surface area (Å²) in [7, 11) is 1.36. The van der Waals surface area contributed by atoms with Crippen LogP contribution in [0.4, 0.5) is 0 Å². The van der Waals surface area contributed by atoms with Crippen LogP contribution in [0.3, 0.4) is 0 Å². The van der Waals surface area contributed by atoms with Crippen LogP contribution >= 0.6 is 11.6 Å². The van der Waals surface area contributed by atoms with Crippen LogP contribution in [-0.2, 0) is 9.53 Å². The summed E-state index contributed by atoms with van der Waals surface area (Å²) in [5, 5.41) is 0.441.